The van der Waals surface area contributed by atoms with Crippen LogP contribution in [0, 0.1) is 11.8 Å². The molecule has 5 heteroatoms. The average Bonchev–Trinajstić information content (AvgIpc) is 2.58. The molecule has 0 heterocycles. The van der Waals surface area contributed by atoms with Crippen molar-refractivity contribution in [1.82, 2.24) is 10.6 Å². The number of amides is 1. The molecule has 0 aromatic rings. The zero-order chi connectivity index (χ0) is 20.7. The number of hydrogen-bond donors (Lipinski definition) is 3. The summed E-state index contributed by atoms with van der Waals surface area (Å²) in [5.41, 5.74) is 0. The van der Waals surface area contributed by atoms with Crippen molar-refractivity contribution in [1.29, 1.82) is 0 Å². The number of carboxylic acids is 1. The molecule has 3 N–H and O–H groups in total. The van der Waals surface area contributed by atoms with Gasteiger partial charge in [0, 0.05) is 0 Å². The first-order valence-electron chi connectivity index (χ1n) is 10.7. The molecule has 27 heavy (non-hydrogen) atoms. The fourth-order valence-electron chi connectivity index (χ4n) is 3.14. The highest BCUT2D eigenvalue weighted by Gasteiger charge is 2.27. The van der Waals surface area contributed by atoms with E-state index in [4.69, 9.17) is 0 Å². The van der Waals surface area contributed by atoms with Crippen LogP contribution in [0.25, 0.3) is 0 Å². The van der Waals surface area contributed by atoms with Gasteiger partial charge in [-0.1, -0.05) is 65.9 Å². The van der Waals surface area contributed by atoms with Crippen LogP contribution in [-0.4, -0.2) is 35.6 Å². The minimum atomic E-state index is -0.965. The average molecular weight is 383 g/mol. The number of nitrogens with one attached hydrogen (secondary N) is 2. The summed E-state index contributed by atoms with van der Waals surface area (Å²) in [6.45, 7) is 12.4. The third-order valence-electron chi connectivity index (χ3n) is 4.72. The van der Waals surface area contributed by atoms with Gasteiger partial charge < -0.3 is 15.7 Å². The number of carbonyl (C=O) groups is 2. The van der Waals surface area contributed by atoms with Gasteiger partial charge in [0.1, 0.15) is 6.04 Å². The van der Waals surface area contributed by atoms with E-state index in [9.17, 15) is 14.7 Å². The first-order chi connectivity index (χ1) is 12.8. The summed E-state index contributed by atoms with van der Waals surface area (Å²) < 4.78 is 0. The Hall–Kier alpha value is -1.36. The molecule has 0 aromatic carbocycles. The summed E-state index contributed by atoms with van der Waals surface area (Å²) in [6.07, 6.45) is 12.0. The molecule has 0 saturated heterocycles. The SMILES string of the molecule is C=CCCCCCCCCCN[C@@H](C(=O)N[C@H](CC(C)C)C(=O)O)C(C)C. The molecule has 0 radical (unpaired) electrons. The Bertz CT molecular complexity index is 422. The van der Waals surface area contributed by atoms with E-state index in [1.807, 2.05) is 33.8 Å². The summed E-state index contributed by atoms with van der Waals surface area (Å²) in [7, 11) is 0. The number of unbranched alkanes of at least 4 members (excludes halogenated alkanes) is 7. The second-order valence-corrected chi connectivity index (χ2v) is 8.26. The molecule has 5 nitrogen and oxygen atoms in total. The Kier molecular flexibility index (Phi) is 14.9. The van der Waals surface area contributed by atoms with Gasteiger partial charge in [-0.2, -0.15) is 0 Å². The number of hydrogen-bond acceptors (Lipinski definition) is 3. The van der Waals surface area contributed by atoms with Gasteiger partial charge in [-0.25, -0.2) is 4.79 Å². The van der Waals surface area contributed by atoms with Crippen molar-refractivity contribution in [3.63, 3.8) is 0 Å². The maximum atomic E-state index is 12.5. The maximum absolute atomic E-state index is 12.5. The van der Waals surface area contributed by atoms with Crippen molar-refractivity contribution in [2.75, 3.05) is 6.54 Å². The van der Waals surface area contributed by atoms with E-state index >= 15 is 0 Å². The summed E-state index contributed by atoms with van der Waals surface area (Å²) in [5.74, 6) is -0.843. The fraction of sp³-hybridized carbons (Fsp3) is 0.818. The lowest BCUT2D eigenvalue weighted by molar-refractivity contribution is -0.142. The highest BCUT2D eigenvalue weighted by Crippen LogP contribution is 2.10. The Morgan fingerprint density at radius 1 is 0.963 bits per heavy atom. The third kappa shape index (κ3) is 13.5. The van der Waals surface area contributed by atoms with E-state index in [0.717, 1.165) is 25.8 Å². The molecule has 158 valence electrons. The summed E-state index contributed by atoms with van der Waals surface area (Å²) in [4.78, 5) is 23.9. The van der Waals surface area contributed by atoms with Crippen LogP contribution in [0.5, 0.6) is 0 Å². The van der Waals surface area contributed by atoms with Gasteiger partial charge in [-0.15, -0.1) is 6.58 Å². The minimum Gasteiger partial charge on any atom is -0.480 e. The van der Waals surface area contributed by atoms with Crippen LogP contribution < -0.4 is 10.6 Å². The smallest absolute Gasteiger partial charge is 0.326 e. The lowest BCUT2D eigenvalue weighted by Gasteiger charge is -2.24. The first kappa shape index (κ1) is 25.6. The van der Waals surface area contributed by atoms with Crippen molar-refractivity contribution in [2.45, 2.75) is 97.6 Å². The van der Waals surface area contributed by atoms with Crippen LogP contribution in [0.3, 0.4) is 0 Å². The summed E-state index contributed by atoms with van der Waals surface area (Å²) in [5, 5.41) is 15.3. The highest BCUT2D eigenvalue weighted by atomic mass is 16.4. The van der Waals surface area contributed by atoms with E-state index in [2.05, 4.69) is 17.2 Å². The van der Waals surface area contributed by atoms with Crippen LogP contribution in [0.15, 0.2) is 12.7 Å². The van der Waals surface area contributed by atoms with E-state index < -0.39 is 12.0 Å². The number of allylic oxidation sites excluding steroid dienone is 1. The fourth-order valence-corrected chi connectivity index (χ4v) is 3.14. The van der Waals surface area contributed by atoms with Crippen LogP contribution in [0.1, 0.15) is 85.5 Å². The van der Waals surface area contributed by atoms with Gasteiger partial charge in [0.05, 0.1) is 6.04 Å². The number of carbonyl (C=O) groups excluding carboxylic acids is 1. The Morgan fingerprint density at radius 2 is 1.52 bits per heavy atom. The van der Waals surface area contributed by atoms with Gasteiger partial charge in [0.2, 0.25) is 5.91 Å². The lowest BCUT2D eigenvalue weighted by atomic mass is 10.00. The molecule has 0 unspecified atom stereocenters. The minimum absolute atomic E-state index is 0.114. The number of aliphatic carboxylic acids is 1. The summed E-state index contributed by atoms with van der Waals surface area (Å²) >= 11 is 0. The van der Waals surface area contributed by atoms with Crippen molar-refractivity contribution in [3.05, 3.63) is 12.7 Å². The lowest BCUT2D eigenvalue weighted by Crippen LogP contribution is -2.52. The normalized spacial score (nSPS) is 13.6. The third-order valence-corrected chi connectivity index (χ3v) is 4.72. The molecule has 0 bridgehead atoms. The van der Waals surface area contributed by atoms with E-state index in [0.29, 0.717) is 6.42 Å². The quantitative estimate of drug-likeness (QED) is 0.255. The van der Waals surface area contributed by atoms with Gasteiger partial charge in [0.15, 0.2) is 0 Å². The van der Waals surface area contributed by atoms with Crippen LogP contribution in [0.4, 0.5) is 0 Å². The Balaban J connectivity index is 4.13. The molecule has 0 saturated carbocycles. The molecule has 0 spiro atoms. The molecule has 1 amide bonds. The zero-order valence-electron chi connectivity index (χ0n) is 17.9. The van der Waals surface area contributed by atoms with Crippen molar-refractivity contribution >= 4 is 11.9 Å². The number of rotatable bonds is 17. The second-order valence-electron chi connectivity index (χ2n) is 8.26. The second kappa shape index (κ2) is 15.7. The highest BCUT2D eigenvalue weighted by molar-refractivity contribution is 5.87. The zero-order valence-corrected chi connectivity index (χ0v) is 17.9. The van der Waals surface area contributed by atoms with Crippen LogP contribution in [0.2, 0.25) is 0 Å². The largest absolute Gasteiger partial charge is 0.480 e. The molecular weight excluding hydrogens is 340 g/mol. The topological polar surface area (TPSA) is 78.4 Å². The number of carboxylic acid groups (broad SMARTS) is 1. The molecule has 0 aliphatic carbocycles. The molecule has 0 rings (SSSR count). The van der Waals surface area contributed by atoms with E-state index in [1.165, 1.54) is 32.1 Å². The first-order valence-corrected chi connectivity index (χ1v) is 10.7. The molecule has 0 aliphatic heterocycles. The predicted octanol–water partition coefficient (Wildman–Crippen LogP) is 4.52. The van der Waals surface area contributed by atoms with Crippen molar-refractivity contribution < 1.29 is 14.7 Å². The maximum Gasteiger partial charge on any atom is 0.326 e. The van der Waals surface area contributed by atoms with Crippen LogP contribution in [-0.2, 0) is 9.59 Å². The predicted molar refractivity (Wildman–Crippen MR) is 113 cm³/mol. The van der Waals surface area contributed by atoms with Crippen molar-refractivity contribution in [2.24, 2.45) is 11.8 Å². The Morgan fingerprint density at radius 3 is 2.00 bits per heavy atom. The van der Waals surface area contributed by atoms with E-state index in [-0.39, 0.29) is 23.8 Å². The molecule has 0 fully saturated rings. The van der Waals surface area contributed by atoms with Gasteiger partial charge in [-0.3, -0.25) is 4.79 Å². The molecule has 0 aromatic heterocycles. The van der Waals surface area contributed by atoms with Gasteiger partial charge in [0.25, 0.3) is 0 Å². The molecular formula is C22H42N2O3. The van der Waals surface area contributed by atoms with E-state index in [1.54, 1.807) is 0 Å². The van der Waals surface area contributed by atoms with Gasteiger partial charge in [-0.05, 0) is 44.1 Å². The Labute approximate surface area is 166 Å². The standard InChI is InChI=1S/C22H42N2O3/c1-6-7-8-9-10-11-12-13-14-15-23-20(18(4)5)21(25)24-19(22(26)27)16-17(2)3/h6,17-20,23H,1,7-16H2,2-5H3,(H,24,25)(H,26,27)/t19-,20-/m1/s1. The van der Waals surface area contributed by atoms with Crippen LogP contribution >= 0.6 is 0 Å². The molecule has 2 atom stereocenters. The monoisotopic (exact) mass is 382 g/mol. The van der Waals surface area contributed by atoms with Gasteiger partial charge >= 0.3 is 5.97 Å². The summed E-state index contributed by atoms with van der Waals surface area (Å²) in [6, 6.07) is -1.17. The molecule has 0 aliphatic rings. The van der Waals surface area contributed by atoms with Crippen molar-refractivity contribution in [3.8, 4) is 0 Å².